The van der Waals surface area contributed by atoms with Crippen molar-refractivity contribution in [2.75, 3.05) is 0 Å². The minimum atomic E-state index is -0.470. The molecule has 358 valence electrons. The zero-order chi connectivity index (χ0) is 46.1. The van der Waals surface area contributed by atoms with E-state index in [0.717, 1.165) is 110 Å². The molecule has 2 aliphatic heterocycles. The second-order valence-electron chi connectivity index (χ2n) is 18.6. The van der Waals surface area contributed by atoms with Gasteiger partial charge in [-0.05, 0) is 81.8 Å². The van der Waals surface area contributed by atoms with E-state index in [0.29, 0.717) is 21.1 Å². The maximum Gasteiger partial charge on any atom is 0.268 e. The molecular weight excluding hydrogens is 965 g/mol. The highest BCUT2D eigenvalue weighted by Crippen LogP contribution is 2.50. The molecule has 0 fully saturated rings. The third-order valence-electron chi connectivity index (χ3n) is 13.4. The number of nitrogens with zero attached hydrogens (tertiary/aromatic N) is 2. The van der Waals surface area contributed by atoms with Crippen molar-refractivity contribution < 1.29 is 19.2 Å². The molecule has 0 spiro atoms. The van der Waals surface area contributed by atoms with Crippen molar-refractivity contribution in [3.05, 3.63) is 52.7 Å². The number of hydrogen-bond acceptors (Lipinski definition) is 6. The number of rotatable bonds is 36. The lowest BCUT2D eigenvalue weighted by atomic mass is 9.92. The fraction of sp³-hybridized carbons (Fsp3) is 0.704. The molecule has 0 aliphatic carbocycles. The largest absolute Gasteiger partial charge is 0.274 e. The van der Waals surface area contributed by atoms with Crippen molar-refractivity contribution in [3.8, 4) is 0 Å². The molecule has 0 bridgehead atoms. The molecule has 2 atom stereocenters. The predicted molar refractivity (Wildman–Crippen MR) is 279 cm³/mol. The molecule has 4 heterocycles. The molecule has 64 heavy (non-hydrogen) atoms. The molecule has 10 heteroatoms. The van der Waals surface area contributed by atoms with Crippen molar-refractivity contribution in [1.29, 1.82) is 0 Å². The van der Waals surface area contributed by atoms with Crippen LogP contribution >= 0.6 is 54.5 Å². The predicted octanol–water partition coefficient (Wildman–Crippen LogP) is 18.0. The Morgan fingerprint density at radius 3 is 0.906 bits per heavy atom. The minimum absolute atomic E-state index is 0.205. The number of thiophene rings is 2. The van der Waals surface area contributed by atoms with Gasteiger partial charge in [-0.25, -0.2) is 9.80 Å². The summed E-state index contributed by atoms with van der Waals surface area (Å²) in [5, 5.41) is 0. The maximum atomic E-state index is 15.3. The Balaban J connectivity index is 1.69. The molecule has 2 unspecified atom stereocenters. The summed E-state index contributed by atoms with van der Waals surface area (Å²) in [6.45, 7) is 8.94. The normalized spacial score (nSPS) is 15.0. The number of hydrogen-bond donors (Lipinski definition) is 0. The molecule has 0 saturated carbocycles. The van der Waals surface area contributed by atoms with Crippen molar-refractivity contribution in [1.82, 2.24) is 9.80 Å². The van der Waals surface area contributed by atoms with E-state index < -0.39 is 11.8 Å². The minimum Gasteiger partial charge on any atom is -0.274 e. The Bertz CT molecular complexity index is 1670. The quantitative estimate of drug-likeness (QED) is 0.0637. The van der Waals surface area contributed by atoms with E-state index in [-0.39, 0.29) is 34.8 Å². The number of carbonyl (C=O) groups excluding carboxylic acids is 4. The summed E-state index contributed by atoms with van der Waals surface area (Å²) < 4.78 is 1.70. The topological polar surface area (TPSA) is 74.8 Å². The van der Waals surface area contributed by atoms with Gasteiger partial charge in [0.1, 0.15) is 0 Å². The van der Waals surface area contributed by atoms with Crippen molar-refractivity contribution in [3.63, 3.8) is 0 Å². The van der Waals surface area contributed by atoms with Gasteiger partial charge in [-0.1, -0.05) is 207 Å². The highest BCUT2D eigenvalue weighted by atomic mass is 79.9. The summed E-state index contributed by atoms with van der Waals surface area (Å²) in [7, 11) is 0. The van der Waals surface area contributed by atoms with Crippen LogP contribution in [0.2, 0.25) is 0 Å². The summed E-state index contributed by atoms with van der Waals surface area (Å²) in [5.74, 6) is -2.00. The first-order valence-electron chi connectivity index (χ1n) is 26.0. The number of carbonyl (C=O) groups is 4. The zero-order valence-corrected chi connectivity index (χ0v) is 45.0. The van der Waals surface area contributed by atoms with E-state index in [1.807, 2.05) is 24.3 Å². The second kappa shape index (κ2) is 31.2. The Kier molecular flexibility index (Phi) is 26.7. The van der Waals surface area contributed by atoms with Gasteiger partial charge in [-0.15, -0.1) is 22.7 Å². The molecule has 0 saturated heterocycles. The van der Waals surface area contributed by atoms with Gasteiger partial charge in [0.15, 0.2) is 0 Å². The smallest absolute Gasteiger partial charge is 0.268 e. The number of imide groups is 2. The summed E-state index contributed by atoms with van der Waals surface area (Å²) >= 11 is 10.1. The standard InChI is InChI=1S/C54H82Br2N2O4S2/c1-5-9-13-17-21-23-27-31-35-41(33-29-25-19-15-11-7-3)51(59)57-49(43-37-39-45(55)63-43)47-48(53(57)61)50(44-38-40-46(56)64-44)58(54(47)62)52(60)42(34-30-26-20-16-12-8-4)36-32-28-24-22-18-14-10-6-2/h37-42H,5-36H2,1-4H3. The van der Waals surface area contributed by atoms with Crippen LogP contribution in [0.5, 0.6) is 0 Å². The third-order valence-corrected chi connectivity index (χ3v) is 16.6. The summed E-state index contributed by atoms with van der Waals surface area (Å²) in [6.07, 6.45) is 35.3. The van der Waals surface area contributed by atoms with Gasteiger partial charge in [0, 0.05) is 11.8 Å². The van der Waals surface area contributed by atoms with E-state index in [1.54, 1.807) is 0 Å². The van der Waals surface area contributed by atoms with Crippen molar-refractivity contribution in [2.24, 2.45) is 11.8 Å². The molecule has 0 aromatic carbocycles. The van der Waals surface area contributed by atoms with Crippen LogP contribution in [0.15, 0.2) is 43.0 Å². The monoisotopic (exact) mass is 1040 g/mol. The Hall–Kier alpha value is -1.88. The first kappa shape index (κ1) is 54.7. The SMILES string of the molecule is CCCCCCCCCCC(CCCCCCCC)C(=O)N1C(=O)C2=C(c3ccc(Br)s3)N(C(=O)C(CCCCCCCC)CCCCCCCCCC)C(=O)C2=C1c1ccc(Br)s1. The van der Waals surface area contributed by atoms with Crippen LogP contribution < -0.4 is 0 Å². The number of halogens is 2. The average Bonchev–Trinajstić information content (AvgIpc) is 4.06. The lowest BCUT2D eigenvalue weighted by molar-refractivity contribution is -0.141. The number of unbranched alkanes of at least 4 members (excludes halogenated alkanes) is 24. The van der Waals surface area contributed by atoms with Crippen LogP contribution in [-0.4, -0.2) is 33.4 Å². The van der Waals surface area contributed by atoms with Crippen molar-refractivity contribution >= 4 is 89.6 Å². The van der Waals surface area contributed by atoms with E-state index >= 15 is 19.2 Å². The second-order valence-corrected chi connectivity index (χ2v) is 23.6. The van der Waals surface area contributed by atoms with E-state index in [2.05, 4.69) is 59.6 Å². The molecule has 2 aromatic heterocycles. The molecule has 2 aliphatic rings. The lowest BCUT2D eigenvalue weighted by Crippen LogP contribution is -2.40. The molecule has 2 aromatic rings. The van der Waals surface area contributed by atoms with Crippen molar-refractivity contribution in [2.45, 2.75) is 233 Å². The summed E-state index contributed by atoms with van der Waals surface area (Å²) in [4.78, 5) is 65.0. The van der Waals surface area contributed by atoms with Gasteiger partial charge in [-0.2, -0.15) is 0 Å². The Morgan fingerprint density at radius 2 is 0.672 bits per heavy atom. The number of fused-ring (bicyclic) bond motifs is 1. The fourth-order valence-electron chi connectivity index (χ4n) is 9.61. The molecular formula is C54H82Br2N2O4S2. The van der Waals surface area contributed by atoms with Crippen LogP contribution in [0.3, 0.4) is 0 Å². The Labute approximate surface area is 413 Å². The van der Waals surface area contributed by atoms with Gasteiger partial charge >= 0.3 is 0 Å². The highest BCUT2D eigenvalue weighted by Gasteiger charge is 2.54. The molecule has 6 nitrogen and oxygen atoms in total. The third kappa shape index (κ3) is 16.7. The van der Waals surface area contributed by atoms with Gasteiger partial charge in [0.05, 0.1) is 39.9 Å². The van der Waals surface area contributed by atoms with Crippen LogP contribution in [0.1, 0.15) is 243 Å². The zero-order valence-electron chi connectivity index (χ0n) is 40.2. The van der Waals surface area contributed by atoms with Gasteiger partial charge in [0.25, 0.3) is 11.8 Å². The van der Waals surface area contributed by atoms with E-state index in [9.17, 15) is 0 Å². The van der Waals surface area contributed by atoms with Crippen LogP contribution in [0.25, 0.3) is 11.4 Å². The van der Waals surface area contributed by atoms with Crippen LogP contribution in [0.4, 0.5) is 0 Å². The molecule has 4 rings (SSSR count). The average molecular weight is 1050 g/mol. The maximum absolute atomic E-state index is 15.3. The van der Waals surface area contributed by atoms with Gasteiger partial charge < -0.3 is 0 Å². The van der Waals surface area contributed by atoms with E-state index in [1.165, 1.54) is 135 Å². The van der Waals surface area contributed by atoms with Gasteiger partial charge in [-0.3, -0.25) is 19.2 Å². The summed E-state index contributed by atoms with van der Waals surface area (Å²) in [6, 6.07) is 7.63. The van der Waals surface area contributed by atoms with Crippen LogP contribution in [-0.2, 0) is 19.2 Å². The fourth-order valence-corrected chi connectivity index (χ4v) is 12.5. The van der Waals surface area contributed by atoms with E-state index in [4.69, 9.17) is 0 Å². The summed E-state index contributed by atoms with van der Waals surface area (Å²) in [5.41, 5.74) is 1.12. The van der Waals surface area contributed by atoms with Gasteiger partial charge in [0.2, 0.25) is 11.8 Å². The highest BCUT2D eigenvalue weighted by molar-refractivity contribution is 9.11. The first-order chi connectivity index (χ1) is 31.2. The Morgan fingerprint density at radius 1 is 0.422 bits per heavy atom. The molecule has 0 radical (unpaired) electrons. The first-order valence-corrected chi connectivity index (χ1v) is 29.2. The lowest BCUT2D eigenvalue weighted by Gasteiger charge is -2.27. The number of amides is 4. The van der Waals surface area contributed by atoms with Crippen LogP contribution in [0, 0.1) is 11.8 Å². The molecule has 0 N–H and O–H groups in total. The molecule has 4 amide bonds.